The second-order valence-corrected chi connectivity index (χ2v) is 4.17. The van der Waals surface area contributed by atoms with Crippen LogP contribution in [0.1, 0.15) is 10.5 Å². The van der Waals surface area contributed by atoms with Gasteiger partial charge in [0, 0.05) is 10.9 Å². The molecule has 2 aromatic heterocycles. The standard InChI is InChI=1S/C10H5N3O3S/c14-10(15)8-4-17-9(11-8)5-1-2-6-7(3-5)13-16-12-6/h1-4H,(H,14,15). The molecular formula is C10H5N3O3S. The average Bonchev–Trinajstić information content (AvgIpc) is 2.97. The number of aromatic carboxylic acids is 1. The highest BCUT2D eigenvalue weighted by atomic mass is 32.1. The molecule has 0 amide bonds. The van der Waals surface area contributed by atoms with Crippen molar-refractivity contribution in [3.05, 3.63) is 29.3 Å². The molecule has 0 radical (unpaired) electrons. The van der Waals surface area contributed by atoms with E-state index in [1.54, 1.807) is 18.2 Å². The molecule has 0 saturated heterocycles. The lowest BCUT2D eigenvalue weighted by atomic mass is 10.2. The molecule has 3 aromatic rings. The van der Waals surface area contributed by atoms with Gasteiger partial charge in [-0.3, -0.25) is 0 Å². The van der Waals surface area contributed by atoms with Crippen molar-refractivity contribution in [1.29, 1.82) is 0 Å². The maximum Gasteiger partial charge on any atom is 0.355 e. The largest absolute Gasteiger partial charge is 0.476 e. The van der Waals surface area contributed by atoms with Gasteiger partial charge in [-0.2, -0.15) is 0 Å². The molecule has 1 N–H and O–H groups in total. The van der Waals surface area contributed by atoms with Gasteiger partial charge in [0.2, 0.25) is 0 Å². The molecule has 0 unspecified atom stereocenters. The monoisotopic (exact) mass is 247 g/mol. The predicted octanol–water partition coefficient (Wildman–Crippen LogP) is 2.04. The van der Waals surface area contributed by atoms with Crippen LogP contribution in [0, 0.1) is 0 Å². The summed E-state index contributed by atoms with van der Waals surface area (Å²) in [5, 5.41) is 18.3. The Labute approximate surface area is 98.5 Å². The van der Waals surface area contributed by atoms with E-state index in [2.05, 4.69) is 19.9 Å². The molecule has 0 saturated carbocycles. The number of benzene rings is 1. The highest BCUT2D eigenvalue weighted by Gasteiger charge is 2.11. The molecule has 0 atom stereocenters. The molecule has 0 fully saturated rings. The summed E-state index contributed by atoms with van der Waals surface area (Å²) in [6.07, 6.45) is 0. The number of aromatic nitrogens is 3. The van der Waals surface area contributed by atoms with Crippen LogP contribution in [0.4, 0.5) is 0 Å². The number of nitrogens with zero attached hydrogens (tertiary/aromatic N) is 3. The van der Waals surface area contributed by atoms with Crippen molar-refractivity contribution in [2.75, 3.05) is 0 Å². The van der Waals surface area contributed by atoms with E-state index in [0.29, 0.717) is 16.0 Å². The Hall–Kier alpha value is -2.28. The van der Waals surface area contributed by atoms with E-state index in [0.717, 1.165) is 5.56 Å². The van der Waals surface area contributed by atoms with E-state index in [9.17, 15) is 4.79 Å². The van der Waals surface area contributed by atoms with E-state index < -0.39 is 5.97 Å². The Kier molecular flexibility index (Phi) is 2.12. The Morgan fingerprint density at radius 3 is 2.88 bits per heavy atom. The first-order valence-corrected chi connectivity index (χ1v) is 5.53. The molecule has 0 aliphatic heterocycles. The Bertz CT molecular complexity index is 703. The number of carboxylic acid groups (broad SMARTS) is 1. The molecule has 1 aromatic carbocycles. The molecule has 17 heavy (non-hydrogen) atoms. The van der Waals surface area contributed by atoms with Gasteiger partial charge in [-0.15, -0.1) is 11.3 Å². The van der Waals surface area contributed by atoms with Crippen LogP contribution in [-0.2, 0) is 0 Å². The minimum atomic E-state index is -1.03. The lowest BCUT2D eigenvalue weighted by Crippen LogP contribution is -1.95. The van der Waals surface area contributed by atoms with Gasteiger partial charge >= 0.3 is 5.97 Å². The van der Waals surface area contributed by atoms with Gasteiger partial charge in [0.1, 0.15) is 16.0 Å². The summed E-state index contributed by atoms with van der Waals surface area (Å²) in [5.74, 6) is -1.03. The predicted molar refractivity (Wildman–Crippen MR) is 59.9 cm³/mol. The number of fused-ring (bicyclic) bond motifs is 1. The first-order chi connectivity index (χ1) is 8.24. The summed E-state index contributed by atoms with van der Waals surface area (Å²) < 4.78 is 4.59. The number of carboxylic acids is 1. The fraction of sp³-hybridized carbons (Fsp3) is 0. The summed E-state index contributed by atoms with van der Waals surface area (Å²) in [7, 11) is 0. The van der Waals surface area contributed by atoms with E-state index in [1.165, 1.54) is 16.7 Å². The minimum Gasteiger partial charge on any atom is -0.476 e. The van der Waals surface area contributed by atoms with Gasteiger partial charge < -0.3 is 5.11 Å². The summed E-state index contributed by atoms with van der Waals surface area (Å²) >= 11 is 1.27. The van der Waals surface area contributed by atoms with Crippen molar-refractivity contribution in [2.24, 2.45) is 0 Å². The lowest BCUT2D eigenvalue weighted by molar-refractivity contribution is 0.0691. The quantitative estimate of drug-likeness (QED) is 0.745. The fourth-order valence-electron chi connectivity index (χ4n) is 1.42. The SMILES string of the molecule is O=C(O)c1csc(-c2ccc3nonc3c2)n1. The van der Waals surface area contributed by atoms with Gasteiger partial charge in [-0.25, -0.2) is 14.4 Å². The molecule has 6 nitrogen and oxygen atoms in total. The molecule has 0 bridgehead atoms. The van der Waals surface area contributed by atoms with E-state index >= 15 is 0 Å². The third-order valence-corrected chi connectivity index (χ3v) is 3.12. The molecule has 84 valence electrons. The van der Waals surface area contributed by atoms with Crippen molar-refractivity contribution < 1.29 is 14.5 Å². The normalized spacial score (nSPS) is 10.8. The van der Waals surface area contributed by atoms with Crippen LogP contribution in [0.5, 0.6) is 0 Å². The van der Waals surface area contributed by atoms with Gasteiger partial charge in [0.25, 0.3) is 0 Å². The number of thiazole rings is 1. The second kappa shape index (κ2) is 3.63. The Balaban J connectivity index is 2.09. The average molecular weight is 247 g/mol. The van der Waals surface area contributed by atoms with E-state index in [4.69, 9.17) is 5.11 Å². The zero-order valence-corrected chi connectivity index (χ0v) is 9.14. The van der Waals surface area contributed by atoms with Crippen molar-refractivity contribution >= 4 is 28.3 Å². The Morgan fingerprint density at radius 1 is 1.29 bits per heavy atom. The maximum absolute atomic E-state index is 10.7. The zero-order chi connectivity index (χ0) is 11.8. The van der Waals surface area contributed by atoms with Crippen LogP contribution >= 0.6 is 11.3 Å². The smallest absolute Gasteiger partial charge is 0.355 e. The van der Waals surface area contributed by atoms with Gasteiger partial charge in [0.15, 0.2) is 5.69 Å². The number of rotatable bonds is 2. The summed E-state index contributed by atoms with van der Waals surface area (Å²) in [6.45, 7) is 0. The van der Waals surface area contributed by atoms with Gasteiger partial charge in [-0.05, 0) is 28.5 Å². The highest BCUT2D eigenvalue weighted by molar-refractivity contribution is 7.13. The third kappa shape index (κ3) is 1.66. The van der Waals surface area contributed by atoms with Crippen molar-refractivity contribution in [3.63, 3.8) is 0 Å². The first kappa shape index (κ1) is 9.91. The summed E-state index contributed by atoms with van der Waals surface area (Å²) in [6, 6.07) is 5.32. The van der Waals surface area contributed by atoms with Crippen LogP contribution in [0.3, 0.4) is 0 Å². The highest BCUT2D eigenvalue weighted by Crippen LogP contribution is 2.26. The van der Waals surface area contributed by atoms with Crippen molar-refractivity contribution in [1.82, 2.24) is 15.3 Å². The number of hydrogen-bond acceptors (Lipinski definition) is 6. The molecule has 7 heteroatoms. The van der Waals surface area contributed by atoms with Crippen molar-refractivity contribution in [2.45, 2.75) is 0 Å². The first-order valence-electron chi connectivity index (χ1n) is 4.65. The second-order valence-electron chi connectivity index (χ2n) is 3.31. The minimum absolute atomic E-state index is 0.0448. The molecule has 0 spiro atoms. The molecule has 3 rings (SSSR count). The number of carbonyl (C=O) groups is 1. The summed E-state index contributed by atoms with van der Waals surface area (Å²) in [5.41, 5.74) is 2.12. The van der Waals surface area contributed by atoms with Gasteiger partial charge in [-0.1, -0.05) is 0 Å². The van der Waals surface area contributed by atoms with Crippen LogP contribution in [0.25, 0.3) is 21.6 Å². The third-order valence-electron chi connectivity index (χ3n) is 2.22. The van der Waals surface area contributed by atoms with Crippen LogP contribution < -0.4 is 0 Å². The molecule has 0 aliphatic rings. The van der Waals surface area contributed by atoms with Crippen LogP contribution in [-0.4, -0.2) is 26.4 Å². The van der Waals surface area contributed by atoms with E-state index in [-0.39, 0.29) is 5.69 Å². The maximum atomic E-state index is 10.7. The molecule has 0 aliphatic carbocycles. The summed E-state index contributed by atoms with van der Waals surface area (Å²) in [4.78, 5) is 14.7. The lowest BCUT2D eigenvalue weighted by Gasteiger charge is -1.93. The molecular weight excluding hydrogens is 242 g/mol. The van der Waals surface area contributed by atoms with Crippen molar-refractivity contribution in [3.8, 4) is 10.6 Å². The van der Waals surface area contributed by atoms with Gasteiger partial charge in [0.05, 0.1) is 0 Å². The van der Waals surface area contributed by atoms with Crippen LogP contribution in [0.15, 0.2) is 28.2 Å². The fourth-order valence-corrected chi connectivity index (χ4v) is 2.21. The van der Waals surface area contributed by atoms with Crippen LogP contribution in [0.2, 0.25) is 0 Å². The topological polar surface area (TPSA) is 89.1 Å². The molecule has 2 heterocycles. The zero-order valence-electron chi connectivity index (χ0n) is 8.32. The van der Waals surface area contributed by atoms with E-state index in [1.807, 2.05) is 0 Å². The number of hydrogen-bond donors (Lipinski definition) is 1. The Morgan fingerprint density at radius 2 is 2.12 bits per heavy atom.